The van der Waals surface area contributed by atoms with Crippen LogP contribution in [0, 0.1) is 6.92 Å². The van der Waals surface area contributed by atoms with Crippen molar-refractivity contribution < 1.29 is 9.53 Å². The minimum Gasteiger partial charge on any atom is -0.497 e. The van der Waals surface area contributed by atoms with Crippen molar-refractivity contribution >= 4 is 22.6 Å². The lowest BCUT2D eigenvalue weighted by atomic mass is 10.1. The molecule has 0 unspecified atom stereocenters. The number of hydrogen-bond donors (Lipinski definition) is 1. The quantitative estimate of drug-likeness (QED) is 0.763. The normalized spacial score (nSPS) is 10.8. The number of aryl methyl sites for hydroxylation is 2. The summed E-state index contributed by atoms with van der Waals surface area (Å²) in [5, 5.41) is 2.97. The summed E-state index contributed by atoms with van der Waals surface area (Å²) in [7, 11) is 4.49. The van der Waals surface area contributed by atoms with Crippen LogP contribution in [-0.4, -0.2) is 27.1 Å². The van der Waals surface area contributed by atoms with Crippen molar-refractivity contribution in [3.05, 3.63) is 62.4 Å². The molecule has 2 heterocycles. The number of amides is 1. The van der Waals surface area contributed by atoms with Crippen molar-refractivity contribution in [3.63, 3.8) is 0 Å². The van der Waals surface area contributed by atoms with Crippen LogP contribution in [0.2, 0.25) is 0 Å². The molecule has 0 fully saturated rings. The van der Waals surface area contributed by atoms with Crippen LogP contribution in [-0.2, 0) is 14.1 Å². The fourth-order valence-corrected chi connectivity index (χ4v) is 2.69. The number of carbonyl (C=O) groups excluding carboxylic acids is 1. The highest BCUT2D eigenvalue weighted by molar-refractivity contribution is 6.06. The standard InChI is InChI=1S/C18H18N4O4/c1-10-13(16(23)20-11-5-7-12(26-4)8-6-11)9-14-15(19-10)21(2)18(25)22(3)17(14)24/h5-9H,1-4H3,(H,20,23). The van der Waals surface area contributed by atoms with E-state index < -0.39 is 17.2 Å². The Morgan fingerprint density at radius 2 is 1.77 bits per heavy atom. The number of ether oxygens (including phenoxy) is 1. The van der Waals surface area contributed by atoms with Gasteiger partial charge in [-0.2, -0.15) is 0 Å². The van der Waals surface area contributed by atoms with Gasteiger partial charge >= 0.3 is 5.69 Å². The Morgan fingerprint density at radius 3 is 2.38 bits per heavy atom. The van der Waals surface area contributed by atoms with Gasteiger partial charge in [-0.1, -0.05) is 0 Å². The number of aromatic nitrogens is 3. The van der Waals surface area contributed by atoms with E-state index in [-0.39, 0.29) is 16.6 Å². The van der Waals surface area contributed by atoms with Crippen molar-refractivity contribution in [1.82, 2.24) is 14.1 Å². The number of hydrogen-bond acceptors (Lipinski definition) is 5. The number of anilines is 1. The average Bonchev–Trinajstić information content (AvgIpc) is 2.64. The smallest absolute Gasteiger partial charge is 0.332 e. The molecule has 0 saturated heterocycles. The molecule has 0 spiro atoms. The average molecular weight is 354 g/mol. The van der Waals surface area contributed by atoms with Gasteiger partial charge in [0.05, 0.1) is 23.8 Å². The number of benzene rings is 1. The van der Waals surface area contributed by atoms with Crippen molar-refractivity contribution in [1.29, 1.82) is 0 Å². The maximum Gasteiger partial charge on any atom is 0.332 e. The molecule has 0 aliphatic heterocycles. The summed E-state index contributed by atoms with van der Waals surface area (Å²) in [5.74, 6) is 0.286. The van der Waals surface area contributed by atoms with Gasteiger partial charge in [0.2, 0.25) is 0 Å². The van der Waals surface area contributed by atoms with E-state index in [1.54, 1.807) is 38.3 Å². The fraction of sp³-hybridized carbons (Fsp3) is 0.222. The minimum absolute atomic E-state index is 0.208. The Balaban J connectivity index is 2.07. The van der Waals surface area contributed by atoms with Gasteiger partial charge in [0.25, 0.3) is 11.5 Å². The number of methoxy groups -OCH3 is 1. The molecule has 134 valence electrons. The summed E-state index contributed by atoms with van der Waals surface area (Å²) in [6.07, 6.45) is 0. The zero-order chi connectivity index (χ0) is 19.0. The molecule has 1 aromatic carbocycles. The summed E-state index contributed by atoms with van der Waals surface area (Å²) in [4.78, 5) is 41.3. The lowest BCUT2D eigenvalue weighted by molar-refractivity contribution is 0.102. The molecule has 3 aromatic rings. The Hall–Kier alpha value is -3.42. The number of nitrogens with one attached hydrogen (secondary N) is 1. The molecule has 1 amide bonds. The van der Waals surface area contributed by atoms with Crippen LogP contribution in [0.25, 0.3) is 11.0 Å². The first-order valence-corrected chi connectivity index (χ1v) is 7.86. The highest BCUT2D eigenvalue weighted by Crippen LogP contribution is 2.18. The van der Waals surface area contributed by atoms with Crippen molar-refractivity contribution in [2.75, 3.05) is 12.4 Å². The summed E-state index contributed by atoms with van der Waals surface area (Å²) in [5.41, 5.74) is 0.565. The van der Waals surface area contributed by atoms with E-state index >= 15 is 0 Å². The van der Waals surface area contributed by atoms with Gasteiger partial charge in [0.15, 0.2) is 0 Å². The molecule has 0 radical (unpaired) electrons. The lowest BCUT2D eigenvalue weighted by Gasteiger charge is -2.11. The minimum atomic E-state index is -0.492. The largest absolute Gasteiger partial charge is 0.497 e. The molecule has 8 nitrogen and oxygen atoms in total. The monoisotopic (exact) mass is 354 g/mol. The number of rotatable bonds is 3. The summed E-state index contributed by atoms with van der Waals surface area (Å²) in [6.45, 7) is 1.66. The number of nitrogens with zero attached hydrogens (tertiary/aromatic N) is 3. The first kappa shape index (κ1) is 17.4. The van der Waals surface area contributed by atoms with E-state index in [0.717, 1.165) is 4.57 Å². The van der Waals surface area contributed by atoms with E-state index in [0.29, 0.717) is 17.1 Å². The van der Waals surface area contributed by atoms with Crippen molar-refractivity contribution in [2.45, 2.75) is 6.92 Å². The third-order valence-corrected chi connectivity index (χ3v) is 4.21. The highest BCUT2D eigenvalue weighted by Gasteiger charge is 2.16. The van der Waals surface area contributed by atoms with Gasteiger partial charge in [0, 0.05) is 19.8 Å². The van der Waals surface area contributed by atoms with Crippen molar-refractivity contribution in [2.24, 2.45) is 14.1 Å². The highest BCUT2D eigenvalue weighted by atomic mass is 16.5. The van der Waals surface area contributed by atoms with Gasteiger partial charge in [-0.15, -0.1) is 0 Å². The van der Waals surface area contributed by atoms with Gasteiger partial charge < -0.3 is 10.1 Å². The molecule has 0 atom stereocenters. The van der Waals surface area contributed by atoms with Crippen LogP contribution in [0.3, 0.4) is 0 Å². The first-order chi connectivity index (χ1) is 12.3. The lowest BCUT2D eigenvalue weighted by Crippen LogP contribution is -2.37. The van der Waals surface area contributed by atoms with E-state index in [4.69, 9.17) is 4.74 Å². The van der Waals surface area contributed by atoms with Crippen LogP contribution in [0.1, 0.15) is 16.1 Å². The fourth-order valence-electron chi connectivity index (χ4n) is 2.69. The molecule has 1 N–H and O–H groups in total. The maximum atomic E-state index is 12.6. The third kappa shape index (κ3) is 2.85. The Bertz CT molecular complexity index is 1130. The molecule has 0 aliphatic carbocycles. The maximum absolute atomic E-state index is 12.6. The zero-order valence-corrected chi connectivity index (χ0v) is 14.9. The summed E-state index contributed by atoms with van der Waals surface area (Å²) >= 11 is 0. The van der Waals surface area contributed by atoms with Crippen LogP contribution in [0.4, 0.5) is 5.69 Å². The molecule has 0 bridgehead atoms. The Morgan fingerprint density at radius 1 is 1.12 bits per heavy atom. The molecule has 0 saturated carbocycles. The predicted octanol–water partition coefficient (Wildman–Crippen LogP) is 1.20. The van der Waals surface area contributed by atoms with Gasteiger partial charge in [0.1, 0.15) is 11.4 Å². The number of fused-ring (bicyclic) bond motifs is 1. The van der Waals surface area contributed by atoms with E-state index in [2.05, 4.69) is 10.3 Å². The summed E-state index contributed by atoms with van der Waals surface area (Å²) in [6, 6.07) is 8.35. The summed E-state index contributed by atoms with van der Waals surface area (Å²) < 4.78 is 7.36. The SMILES string of the molecule is COc1ccc(NC(=O)c2cc3c(=O)n(C)c(=O)n(C)c3nc2C)cc1. The van der Waals surface area contributed by atoms with Gasteiger partial charge in [-0.25, -0.2) is 9.78 Å². The molecule has 26 heavy (non-hydrogen) atoms. The van der Waals surface area contributed by atoms with E-state index in [1.165, 1.54) is 24.7 Å². The van der Waals surface area contributed by atoms with Crippen molar-refractivity contribution in [3.8, 4) is 5.75 Å². The second-order valence-corrected chi connectivity index (χ2v) is 5.88. The molecular weight excluding hydrogens is 336 g/mol. The number of carbonyl (C=O) groups is 1. The van der Waals surface area contributed by atoms with E-state index in [9.17, 15) is 14.4 Å². The van der Waals surface area contributed by atoms with Gasteiger partial charge in [-0.3, -0.25) is 18.7 Å². The molecule has 8 heteroatoms. The van der Waals surface area contributed by atoms with Crippen LogP contribution < -0.4 is 21.3 Å². The molecule has 3 rings (SSSR count). The molecular formula is C18H18N4O4. The van der Waals surface area contributed by atoms with Crippen LogP contribution >= 0.6 is 0 Å². The second kappa shape index (κ2) is 6.47. The van der Waals surface area contributed by atoms with Crippen LogP contribution in [0.15, 0.2) is 39.9 Å². The van der Waals surface area contributed by atoms with E-state index in [1.807, 2.05) is 0 Å². The molecule has 0 aliphatic rings. The topological polar surface area (TPSA) is 95.2 Å². The third-order valence-electron chi connectivity index (χ3n) is 4.21. The second-order valence-electron chi connectivity index (χ2n) is 5.88. The predicted molar refractivity (Wildman–Crippen MR) is 97.9 cm³/mol. The van der Waals surface area contributed by atoms with Gasteiger partial charge in [-0.05, 0) is 37.3 Å². The first-order valence-electron chi connectivity index (χ1n) is 7.86. The number of pyridine rings is 1. The Labute approximate surface area is 148 Å². The molecule has 2 aromatic heterocycles. The Kier molecular flexibility index (Phi) is 4.33. The zero-order valence-electron chi connectivity index (χ0n) is 14.9. The van der Waals surface area contributed by atoms with Crippen LogP contribution in [0.5, 0.6) is 5.75 Å².